The number of imide groups is 1. The molecule has 2 aliphatic rings. The number of hydrogen-bond donors (Lipinski definition) is 0. The number of nitrogens with zero attached hydrogens (tertiary/aromatic N) is 3. The second-order valence-electron chi connectivity index (χ2n) is 6.74. The van der Waals surface area contributed by atoms with Crippen molar-refractivity contribution < 1.29 is 28.2 Å². The van der Waals surface area contributed by atoms with Crippen molar-refractivity contribution in [2.45, 2.75) is 6.54 Å². The fourth-order valence-corrected chi connectivity index (χ4v) is 3.19. The Labute approximate surface area is 166 Å². The van der Waals surface area contributed by atoms with E-state index >= 15 is 0 Å². The maximum Gasteiger partial charge on any atom is 0.327 e. The number of anilines is 1. The maximum atomic E-state index is 13.4. The fraction of sp³-hybridized carbons (Fsp3) is 0.250. The molecule has 9 heteroatoms. The lowest BCUT2D eigenvalue weighted by molar-refractivity contribution is -0.124. The molecule has 0 aromatic heterocycles. The Kier molecular flexibility index (Phi) is 4.79. The summed E-state index contributed by atoms with van der Waals surface area (Å²) < 4.78 is 24.0. The minimum Gasteiger partial charge on any atom is -0.454 e. The molecule has 0 N–H and O–H groups in total. The van der Waals surface area contributed by atoms with E-state index in [1.807, 2.05) is 0 Å². The molecule has 2 aromatic rings. The zero-order valence-corrected chi connectivity index (χ0v) is 15.6. The Morgan fingerprint density at radius 1 is 1.10 bits per heavy atom. The number of carbonyl (C=O) groups excluding carboxylic acids is 3. The second kappa shape index (κ2) is 7.42. The minimum atomic E-state index is -0.523. The van der Waals surface area contributed by atoms with Crippen molar-refractivity contribution in [2.24, 2.45) is 0 Å². The summed E-state index contributed by atoms with van der Waals surface area (Å²) in [5.74, 6) is 0.0115. The molecule has 0 unspecified atom stereocenters. The second-order valence-corrected chi connectivity index (χ2v) is 6.74. The lowest BCUT2D eigenvalue weighted by atomic mass is 10.1. The molecule has 2 aromatic carbocycles. The van der Waals surface area contributed by atoms with E-state index in [-0.39, 0.29) is 32.3 Å². The average Bonchev–Trinajstić information content (AvgIpc) is 3.27. The SMILES string of the molecule is CN1C(=O)CN(CC(=O)N(Cc2ccc3c(c2)OCO3)c2ccc(F)cc2)C1=O. The summed E-state index contributed by atoms with van der Waals surface area (Å²) in [4.78, 5) is 40.5. The van der Waals surface area contributed by atoms with Crippen LogP contribution in [0.3, 0.4) is 0 Å². The molecule has 150 valence electrons. The predicted octanol–water partition coefficient (Wildman–Crippen LogP) is 1.98. The molecule has 1 fully saturated rings. The number of fused-ring (bicyclic) bond motifs is 1. The minimum absolute atomic E-state index is 0.137. The molecule has 1 saturated heterocycles. The first-order valence-electron chi connectivity index (χ1n) is 8.92. The van der Waals surface area contributed by atoms with Crippen molar-refractivity contribution in [1.82, 2.24) is 9.80 Å². The number of carbonyl (C=O) groups is 3. The van der Waals surface area contributed by atoms with Gasteiger partial charge in [-0.15, -0.1) is 0 Å². The fourth-order valence-electron chi connectivity index (χ4n) is 3.19. The van der Waals surface area contributed by atoms with Crippen LogP contribution in [0.5, 0.6) is 11.5 Å². The van der Waals surface area contributed by atoms with Gasteiger partial charge in [0.2, 0.25) is 18.6 Å². The monoisotopic (exact) mass is 399 g/mol. The highest BCUT2D eigenvalue weighted by molar-refractivity contribution is 6.04. The van der Waals surface area contributed by atoms with Gasteiger partial charge in [-0.2, -0.15) is 0 Å². The molecule has 0 bridgehead atoms. The van der Waals surface area contributed by atoms with Gasteiger partial charge in [0.15, 0.2) is 11.5 Å². The van der Waals surface area contributed by atoms with Gasteiger partial charge in [-0.25, -0.2) is 9.18 Å². The third kappa shape index (κ3) is 3.71. The third-order valence-corrected chi connectivity index (χ3v) is 4.80. The molecule has 0 saturated carbocycles. The quantitative estimate of drug-likeness (QED) is 0.719. The first kappa shape index (κ1) is 18.7. The van der Waals surface area contributed by atoms with Gasteiger partial charge in [0, 0.05) is 12.7 Å². The highest BCUT2D eigenvalue weighted by Crippen LogP contribution is 2.33. The Morgan fingerprint density at radius 3 is 2.52 bits per heavy atom. The van der Waals surface area contributed by atoms with E-state index in [0.717, 1.165) is 10.5 Å². The van der Waals surface area contributed by atoms with E-state index in [1.165, 1.54) is 41.1 Å². The lowest BCUT2D eigenvalue weighted by Gasteiger charge is -2.25. The Hall–Kier alpha value is -3.62. The molecule has 8 nitrogen and oxygen atoms in total. The predicted molar refractivity (Wildman–Crippen MR) is 99.9 cm³/mol. The van der Waals surface area contributed by atoms with Crippen LogP contribution in [0.2, 0.25) is 0 Å². The molecule has 29 heavy (non-hydrogen) atoms. The van der Waals surface area contributed by atoms with Crippen molar-refractivity contribution in [3.63, 3.8) is 0 Å². The zero-order chi connectivity index (χ0) is 20.5. The summed E-state index contributed by atoms with van der Waals surface area (Å²) in [7, 11) is 1.37. The van der Waals surface area contributed by atoms with Crippen molar-refractivity contribution in [3.05, 3.63) is 53.8 Å². The lowest BCUT2D eigenvalue weighted by Crippen LogP contribution is -2.41. The van der Waals surface area contributed by atoms with Crippen LogP contribution in [0.4, 0.5) is 14.9 Å². The van der Waals surface area contributed by atoms with Crippen molar-refractivity contribution in [2.75, 3.05) is 31.8 Å². The van der Waals surface area contributed by atoms with Crippen LogP contribution < -0.4 is 14.4 Å². The van der Waals surface area contributed by atoms with E-state index in [4.69, 9.17) is 9.47 Å². The van der Waals surface area contributed by atoms with Gasteiger partial charge in [0.1, 0.15) is 18.9 Å². The number of benzene rings is 2. The van der Waals surface area contributed by atoms with Crippen LogP contribution in [-0.4, -0.2) is 54.6 Å². The van der Waals surface area contributed by atoms with Gasteiger partial charge in [0.25, 0.3) is 0 Å². The Bertz CT molecular complexity index is 979. The molecule has 0 spiro atoms. The smallest absolute Gasteiger partial charge is 0.327 e. The van der Waals surface area contributed by atoms with E-state index in [0.29, 0.717) is 17.2 Å². The van der Waals surface area contributed by atoms with Gasteiger partial charge in [0.05, 0.1) is 6.54 Å². The summed E-state index contributed by atoms with van der Waals surface area (Å²) in [6, 6.07) is 10.3. The summed E-state index contributed by atoms with van der Waals surface area (Å²) in [6.45, 7) is -0.107. The molecule has 0 aliphatic carbocycles. The Morgan fingerprint density at radius 2 is 1.83 bits per heavy atom. The van der Waals surface area contributed by atoms with Crippen LogP contribution in [0.15, 0.2) is 42.5 Å². The summed E-state index contributed by atoms with van der Waals surface area (Å²) in [6.07, 6.45) is 0. The number of hydrogen-bond acceptors (Lipinski definition) is 5. The number of likely N-dealkylation sites (N-methyl/N-ethyl adjacent to an activating group) is 1. The zero-order valence-electron chi connectivity index (χ0n) is 15.6. The van der Waals surface area contributed by atoms with Crippen molar-refractivity contribution in [1.29, 1.82) is 0 Å². The van der Waals surface area contributed by atoms with Crippen LogP contribution >= 0.6 is 0 Å². The first-order chi connectivity index (χ1) is 13.9. The summed E-state index contributed by atoms with van der Waals surface area (Å²) in [5, 5.41) is 0. The molecule has 0 atom stereocenters. The van der Waals surface area contributed by atoms with Crippen LogP contribution in [0.1, 0.15) is 5.56 Å². The first-order valence-corrected chi connectivity index (χ1v) is 8.92. The highest BCUT2D eigenvalue weighted by atomic mass is 19.1. The normalized spacial score (nSPS) is 15.2. The molecule has 4 rings (SSSR count). The largest absolute Gasteiger partial charge is 0.454 e. The van der Waals surface area contributed by atoms with Gasteiger partial charge in [-0.1, -0.05) is 6.07 Å². The number of halogens is 1. The highest BCUT2D eigenvalue weighted by Gasteiger charge is 2.35. The van der Waals surface area contributed by atoms with Gasteiger partial charge in [-0.05, 0) is 42.0 Å². The molecule has 0 radical (unpaired) electrons. The molecule has 4 amide bonds. The van der Waals surface area contributed by atoms with Gasteiger partial charge < -0.3 is 19.3 Å². The van der Waals surface area contributed by atoms with Gasteiger partial charge in [-0.3, -0.25) is 14.5 Å². The van der Waals surface area contributed by atoms with E-state index in [9.17, 15) is 18.8 Å². The average molecular weight is 399 g/mol. The number of urea groups is 1. The van der Waals surface area contributed by atoms with E-state index in [2.05, 4.69) is 0 Å². The maximum absolute atomic E-state index is 13.4. The van der Waals surface area contributed by atoms with Crippen LogP contribution in [0.25, 0.3) is 0 Å². The third-order valence-electron chi connectivity index (χ3n) is 4.80. The van der Waals surface area contributed by atoms with Crippen molar-refractivity contribution >= 4 is 23.5 Å². The molecule has 2 heterocycles. The summed E-state index contributed by atoms with van der Waals surface area (Å²) in [5.41, 5.74) is 1.24. The van der Waals surface area contributed by atoms with Crippen LogP contribution in [0, 0.1) is 5.82 Å². The van der Waals surface area contributed by atoms with E-state index < -0.39 is 17.8 Å². The number of rotatable bonds is 5. The molecular formula is C20H18FN3O5. The Balaban J connectivity index is 1.58. The van der Waals surface area contributed by atoms with Crippen LogP contribution in [-0.2, 0) is 16.1 Å². The molecule has 2 aliphatic heterocycles. The molecular weight excluding hydrogens is 381 g/mol. The van der Waals surface area contributed by atoms with E-state index in [1.54, 1.807) is 18.2 Å². The number of amides is 4. The number of ether oxygens (including phenoxy) is 2. The van der Waals surface area contributed by atoms with Gasteiger partial charge >= 0.3 is 6.03 Å². The summed E-state index contributed by atoms with van der Waals surface area (Å²) >= 11 is 0. The standard InChI is InChI=1S/C20H18FN3O5/c1-22-18(25)10-23(20(22)27)11-19(26)24(15-5-3-14(21)4-6-15)9-13-2-7-16-17(8-13)29-12-28-16/h2-8H,9-12H2,1H3. The van der Waals surface area contributed by atoms with Crippen molar-refractivity contribution in [3.8, 4) is 11.5 Å². The topological polar surface area (TPSA) is 79.4 Å².